The molecule has 56 heavy (non-hydrogen) atoms. The van der Waals surface area contributed by atoms with Crippen molar-refractivity contribution < 1.29 is 38.9 Å². The Hall–Kier alpha value is -5.64. The van der Waals surface area contributed by atoms with Crippen LogP contribution in [0.3, 0.4) is 0 Å². The summed E-state index contributed by atoms with van der Waals surface area (Å²) in [5.41, 5.74) is 1.64. The van der Waals surface area contributed by atoms with E-state index in [1.54, 1.807) is 9.80 Å². The molecule has 0 heterocycles. The molecule has 3 fully saturated rings. The van der Waals surface area contributed by atoms with Crippen molar-refractivity contribution in [3.8, 4) is 23.0 Å². The summed E-state index contributed by atoms with van der Waals surface area (Å²) in [5.74, 6) is -6.24. The lowest BCUT2D eigenvalue weighted by molar-refractivity contribution is -0.188. The molecule has 0 radical (unpaired) electrons. The molecule has 2 N–H and O–H groups in total. The van der Waals surface area contributed by atoms with E-state index in [0.29, 0.717) is 36.1 Å². The van der Waals surface area contributed by atoms with Gasteiger partial charge in [0.25, 0.3) is 0 Å². The maximum absolute atomic E-state index is 14.8. The monoisotopic (exact) mass is 758 g/mol. The summed E-state index contributed by atoms with van der Waals surface area (Å²) in [5, 5.41) is 20.9. The number of hydrogen-bond acceptors (Lipinski definition) is 6. The second kappa shape index (κ2) is 17.9. The molecule has 0 aliphatic heterocycles. The predicted molar refractivity (Wildman–Crippen MR) is 210 cm³/mol. The van der Waals surface area contributed by atoms with Crippen LogP contribution < -0.4 is 9.47 Å². The van der Waals surface area contributed by atoms with Gasteiger partial charge in [0.15, 0.2) is 0 Å². The van der Waals surface area contributed by atoms with Crippen LogP contribution >= 0.6 is 0 Å². The quantitative estimate of drug-likeness (QED) is 0.116. The Morgan fingerprint density at radius 3 is 1.11 bits per heavy atom. The Bertz CT molecular complexity index is 1800. The maximum atomic E-state index is 14.8. The highest BCUT2D eigenvalue weighted by Gasteiger charge is 2.65. The van der Waals surface area contributed by atoms with E-state index in [1.165, 1.54) is 0 Å². The average Bonchev–Trinajstić information content (AvgIpc) is 3.91. The Morgan fingerprint density at radius 1 is 0.464 bits per heavy atom. The van der Waals surface area contributed by atoms with Crippen LogP contribution in [0.1, 0.15) is 62.5 Å². The Balaban J connectivity index is 1.14. The first-order valence-electron chi connectivity index (χ1n) is 19.9. The van der Waals surface area contributed by atoms with Crippen molar-refractivity contribution in [2.24, 2.45) is 35.5 Å². The third-order valence-electron chi connectivity index (χ3n) is 11.8. The van der Waals surface area contributed by atoms with Crippen LogP contribution in [0.4, 0.5) is 0 Å². The van der Waals surface area contributed by atoms with Gasteiger partial charge in [-0.25, -0.2) is 0 Å². The number of aliphatic carboxylic acids is 2. The molecule has 0 aromatic heterocycles. The minimum absolute atomic E-state index is 0.200. The Kier molecular flexibility index (Phi) is 12.3. The lowest BCUT2D eigenvalue weighted by Gasteiger charge is -2.49. The molecule has 0 saturated heterocycles. The van der Waals surface area contributed by atoms with E-state index in [9.17, 15) is 29.4 Å². The van der Waals surface area contributed by atoms with Gasteiger partial charge in [0.2, 0.25) is 11.8 Å². The number of carboxylic acid groups (broad SMARTS) is 2. The number of carboxylic acids is 2. The lowest BCUT2D eigenvalue weighted by Crippen LogP contribution is -2.64. The summed E-state index contributed by atoms with van der Waals surface area (Å²) in [6, 6.07) is 33.7. The molecule has 4 aromatic rings. The standard InChI is InChI=1S/C46H50N2O8/c49-43(47(27-31-11-7-8-12-31)29-33-19-23-37(24-20-33)55-35-15-3-1-4-16-35)39-40(42(46(53)54)41(39)45(51)52)44(50)48(28-32-13-9-10-14-32)30-34-21-25-38(26-22-34)56-36-17-5-2-6-18-36/h1-6,15-26,31-32,39-42H,7-14,27-30H2,(H,51,52)(H,53,54). The van der Waals surface area contributed by atoms with Crippen molar-refractivity contribution in [1.29, 1.82) is 0 Å². The van der Waals surface area contributed by atoms with Gasteiger partial charge < -0.3 is 29.5 Å². The van der Waals surface area contributed by atoms with Crippen LogP contribution in [-0.2, 0) is 32.3 Å². The van der Waals surface area contributed by atoms with Crippen LogP contribution in [0.5, 0.6) is 23.0 Å². The second-order valence-electron chi connectivity index (χ2n) is 15.6. The summed E-state index contributed by atoms with van der Waals surface area (Å²) in [6.07, 6.45) is 8.01. The fraction of sp³-hybridized carbons (Fsp3) is 0.391. The largest absolute Gasteiger partial charge is 0.481 e. The molecule has 4 unspecified atom stereocenters. The second-order valence-corrected chi connectivity index (χ2v) is 15.6. The minimum Gasteiger partial charge on any atom is -0.481 e. The molecule has 0 spiro atoms. The fourth-order valence-corrected chi connectivity index (χ4v) is 8.89. The van der Waals surface area contributed by atoms with Gasteiger partial charge in [-0.05, 0) is 97.2 Å². The molecule has 3 aliphatic rings. The first-order chi connectivity index (χ1) is 27.2. The van der Waals surface area contributed by atoms with Gasteiger partial charge in [-0.15, -0.1) is 0 Å². The van der Waals surface area contributed by atoms with Crippen LogP contribution in [-0.4, -0.2) is 56.9 Å². The molecule has 0 bridgehead atoms. The maximum Gasteiger partial charge on any atom is 0.308 e. The minimum atomic E-state index is -1.52. The van der Waals surface area contributed by atoms with Gasteiger partial charge in [-0.3, -0.25) is 19.2 Å². The Labute approximate surface area is 328 Å². The molecule has 4 atom stereocenters. The molecular weight excluding hydrogens is 709 g/mol. The van der Waals surface area contributed by atoms with E-state index < -0.39 is 47.4 Å². The van der Waals surface area contributed by atoms with Crippen LogP contribution in [0.25, 0.3) is 0 Å². The van der Waals surface area contributed by atoms with Crippen LogP contribution in [0.2, 0.25) is 0 Å². The van der Waals surface area contributed by atoms with E-state index in [-0.39, 0.29) is 24.9 Å². The number of ether oxygens (including phenoxy) is 2. The lowest BCUT2D eigenvalue weighted by atomic mass is 9.55. The van der Waals surface area contributed by atoms with E-state index in [1.807, 2.05) is 109 Å². The SMILES string of the molecule is O=C(O)C1C(C(=O)O)C(C(=O)N(Cc2ccc(Oc3ccccc3)cc2)CC2CCCC2)C1C(=O)N(Cc1ccc(Oc2ccccc2)cc1)CC1CCCC1. The van der Waals surface area contributed by atoms with E-state index >= 15 is 0 Å². The summed E-state index contributed by atoms with van der Waals surface area (Å²) in [6.45, 7) is 1.22. The van der Waals surface area contributed by atoms with Crippen molar-refractivity contribution in [3.05, 3.63) is 120 Å². The van der Waals surface area contributed by atoms with E-state index in [2.05, 4.69) is 0 Å². The molecule has 3 aliphatic carbocycles. The van der Waals surface area contributed by atoms with E-state index in [0.717, 1.165) is 62.5 Å². The molecule has 10 heteroatoms. The summed E-state index contributed by atoms with van der Waals surface area (Å²) in [7, 11) is 0. The van der Waals surface area contributed by atoms with Crippen molar-refractivity contribution in [3.63, 3.8) is 0 Å². The number of benzene rings is 4. The molecule has 10 nitrogen and oxygen atoms in total. The molecule has 7 rings (SSSR count). The van der Waals surface area contributed by atoms with Gasteiger partial charge in [0.1, 0.15) is 23.0 Å². The topological polar surface area (TPSA) is 134 Å². The van der Waals surface area contributed by atoms with Gasteiger partial charge in [0, 0.05) is 26.2 Å². The predicted octanol–water partition coefficient (Wildman–Crippen LogP) is 8.66. The van der Waals surface area contributed by atoms with Crippen molar-refractivity contribution in [2.75, 3.05) is 13.1 Å². The van der Waals surface area contributed by atoms with Crippen LogP contribution in [0.15, 0.2) is 109 Å². The van der Waals surface area contributed by atoms with Gasteiger partial charge in [0.05, 0.1) is 23.7 Å². The molecular formula is C46H50N2O8. The smallest absolute Gasteiger partial charge is 0.308 e. The third kappa shape index (κ3) is 9.24. The summed E-state index contributed by atoms with van der Waals surface area (Å²) in [4.78, 5) is 58.6. The zero-order chi connectivity index (χ0) is 39.0. The number of hydrogen-bond donors (Lipinski definition) is 2. The number of para-hydroxylation sites is 2. The number of amides is 2. The first-order valence-corrected chi connectivity index (χ1v) is 19.9. The van der Waals surface area contributed by atoms with Crippen LogP contribution in [0, 0.1) is 35.5 Å². The zero-order valence-electron chi connectivity index (χ0n) is 31.6. The molecule has 4 aromatic carbocycles. The number of nitrogens with zero attached hydrogens (tertiary/aromatic N) is 2. The first kappa shape index (κ1) is 38.6. The summed E-state index contributed by atoms with van der Waals surface area (Å²) >= 11 is 0. The molecule has 2 amide bonds. The van der Waals surface area contributed by atoms with Crippen molar-refractivity contribution in [1.82, 2.24) is 9.80 Å². The number of rotatable bonds is 16. The molecule has 292 valence electrons. The number of carbonyl (C=O) groups is 4. The normalized spacial score (nSPS) is 20.9. The zero-order valence-corrected chi connectivity index (χ0v) is 31.6. The average molecular weight is 759 g/mol. The van der Waals surface area contributed by atoms with Gasteiger partial charge in [-0.1, -0.05) is 86.3 Å². The van der Waals surface area contributed by atoms with Crippen molar-refractivity contribution >= 4 is 23.8 Å². The summed E-state index contributed by atoms with van der Waals surface area (Å²) < 4.78 is 11.9. The Morgan fingerprint density at radius 2 is 0.786 bits per heavy atom. The van der Waals surface area contributed by atoms with Crippen molar-refractivity contribution in [2.45, 2.75) is 64.5 Å². The van der Waals surface area contributed by atoms with Gasteiger partial charge >= 0.3 is 11.9 Å². The third-order valence-corrected chi connectivity index (χ3v) is 11.8. The van der Waals surface area contributed by atoms with E-state index in [4.69, 9.17) is 9.47 Å². The highest BCUT2D eigenvalue weighted by Crippen LogP contribution is 2.49. The fourth-order valence-electron chi connectivity index (χ4n) is 8.89. The highest BCUT2D eigenvalue weighted by molar-refractivity contribution is 5.99. The highest BCUT2D eigenvalue weighted by atomic mass is 16.5. The van der Waals surface area contributed by atoms with Gasteiger partial charge in [-0.2, -0.15) is 0 Å². The molecule has 3 saturated carbocycles. The number of carbonyl (C=O) groups excluding carboxylic acids is 2.